The van der Waals surface area contributed by atoms with E-state index in [1.807, 2.05) is 0 Å². The summed E-state index contributed by atoms with van der Waals surface area (Å²) in [6, 6.07) is 0. The molecule has 0 heterocycles. The summed E-state index contributed by atoms with van der Waals surface area (Å²) >= 11 is 0. The fourth-order valence-corrected chi connectivity index (χ4v) is 3.04. The molecule has 0 aromatic rings. The van der Waals surface area contributed by atoms with Crippen molar-refractivity contribution in [3.05, 3.63) is 0 Å². The van der Waals surface area contributed by atoms with E-state index >= 15 is 0 Å². The number of rotatable bonds is 15. The molecule has 0 aromatic carbocycles. The minimum Gasteiger partial charge on any atom is -0.481 e. The van der Waals surface area contributed by atoms with Crippen molar-refractivity contribution < 1.29 is 19.4 Å². The monoisotopic (exact) mass is 340 g/mol. The van der Waals surface area contributed by atoms with Crippen LogP contribution in [0, 0.1) is 11.8 Å². The number of hydrogen-bond donors (Lipinski definition) is 1. The van der Waals surface area contributed by atoms with Gasteiger partial charge in [-0.05, 0) is 38.5 Å². The van der Waals surface area contributed by atoms with Gasteiger partial charge in [0.2, 0.25) is 0 Å². The largest absolute Gasteiger partial charge is 0.481 e. The van der Waals surface area contributed by atoms with Crippen molar-refractivity contribution in [2.45, 2.75) is 103 Å². The zero-order valence-electron chi connectivity index (χ0n) is 15.6. The van der Waals surface area contributed by atoms with Gasteiger partial charge in [0.05, 0.1) is 5.92 Å². The van der Waals surface area contributed by atoms with Gasteiger partial charge in [-0.2, -0.15) is 0 Å². The second kappa shape index (κ2) is 12.3. The van der Waals surface area contributed by atoms with E-state index in [0.717, 1.165) is 31.6 Å². The van der Waals surface area contributed by atoms with E-state index in [4.69, 9.17) is 4.74 Å². The molecule has 0 amide bonds. The van der Waals surface area contributed by atoms with Crippen LogP contribution in [-0.4, -0.2) is 23.1 Å². The first-order valence-electron chi connectivity index (χ1n) is 9.96. The Morgan fingerprint density at radius 1 is 1.04 bits per heavy atom. The summed E-state index contributed by atoms with van der Waals surface area (Å²) in [5.74, 6) is -0.915. The van der Waals surface area contributed by atoms with Crippen LogP contribution >= 0.6 is 0 Å². The van der Waals surface area contributed by atoms with E-state index in [1.54, 1.807) is 6.92 Å². The highest BCUT2D eigenvalue weighted by molar-refractivity contribution is 5.72. The molecule has 0 aliphatic heterocycles. The van der Waals surface area contributed by atoms with E-state index < -0.39 is 18.0 Å². The van der Waals surface area contributed by atoms with Gasteiger partial charge in [0.1, 0.15) is 6.10 Å². The second-order valence-electron chi connectivity index (χ2n) is 7.40. The Morgan fingerprint density at radius 3 is 2.25 bits per heavy atom. The minimum absolute atomic E-state index is 0.225. The molecule has 0 saturated heterocycles. The number of hydrogen-bond acceptors (Lipinski definition) is 3. The molecule has 0 radical (unpaired) electrons. The van der Waals surface area contributed by atoms with Crippen molar-refractivity contribution in [2.75, 3.05) is 0 Å². The molecule has 0 aromatic heterocycles. The summed E-state index contributed by atoms with van der Waals surface area (Å²) in [6.07, 6.45) is 13.4. The van der Waals surface area contributed by atoms with Crippen molar-refractivity contribution in [1.29, 1.82) is 0 Å². The lowest BCUT2D eigenvalue weighted by Crippen LogP contribution is -2.30. The second-order valence-corrected chi connectivity index (χ2v) is 7.40. The van der Waals surface area contributed by atoms with Gasteiger partial charge in [-0.15, -0.1) is 0 Å². The molecule has 2 unspecified atom stereocenters. The fourth-order valence-electron chi connectivity index (χ4n) is 3.04. The van der Waals surface area contributed by atoms with Crippen molar-refractivity contribution in [3.8, 4) is 0 Å². The van der Waals surface area contributed by atoms with Gasteiger partial charge < -0.3 is 9.84 Å². The van der Waals surface area contributed by atoms with Crippen molar-refractivity contribution in [2.24, 2.45) is 11.8 Å². The third kappa shape index (κ3) is 9.94. The highest BCUT2D eigenvalue weighted by Gasteiger charge is 2.27. The first-order valence-corrected chi connectivity index (χ1v) is 9.96. The number of carbonyl (C=O) groups is 2. The fraction of sp³-hybridized carbons (Fsp3) is 0.900. The molecule has 4 nitrogen and oxygen atoms in total. The molecule has 140 valence electrons. The lowest BCUT2D eigenvalue weighted by molar-refractivity contribution is -0.158. The van der Waals surface area contributed by atoms with E-state index in [-0.39, 0.29) is 5.97 Å². The van der Waals surface area contributed by atoms with Crippen LogP contribution in [-0.2, 0) is 14.3 Å². The lowest BCUT2D eigenvalue weighted by Gasteiger charge is -2.21. The van der Waals surface area contributed by atoms with Crippen LogP contribution in [0.25, 0.3) is 0 Å². The summed E-state index contributed by atoms with van der Waals surface area (Å²) in [4.78, 5) is 23.2. The molecule has 1 rings (SSSR count). The number of ether oxygens (including phenoxy) is 1. The molecule has 2 atom stereocenters. The number of aliphatic carboxylic acids is 1. The summed E-state index contributed by atoms with van der Waals surface area (Å²) in [5, 5.41) is 9.23. The molecular formula is C20H36O4. The average Bonchev–Trinajstić information content (AvgIpc) is 3.36. The normalized spacial score (nSPS) is 16.6. The highest BCUT2D eigenvalue weighted by Crippen LogP contribution is 2.34. The van der Waals surface area contributed by atoms with Crippen LogP contribution in [0.4, 0.5) is 0 Å². The van der Waals surface area contributed by atoms with Gasteiger partial charge in [-0.1, -0.05) is 58.3 Å². The molecule has 1 saturated carbocycles. The van der Waals surface area contributed by atoms with E-state index in [2.05, 4.69) is 6.92 Å². The third-order valence-electron chi connectivity index (χ3n) is 5.01. The Hall–Kier alpha value is -1.06. The quantitative estimate of drug-likeness (QED) is 0.323. The Bertz CT molecular complexity index is 363. The van der Waals surface area contributed by atoms with Crippen molar-refractivity contribution >= 4 is 11.9 Å². The van der Waals surface area contributed by atoms with E-state index in [9.17, 15) is 14.7 Å². The standard InChI is InChI=1S/C20H36O4/c1-3-4-5-6-7-8-9-12-18(16(2)20(22)23)24-19(21)13-10-11-17-14-15-17/h16-18H,3-15H2,1-2H3,(H,22,23). The van der Waals surface area contributed by atoms with Gasteiger partial charge in [0.25, 0.3) is 0 Å². The zero-order chi connectivity index (χ0) is 17.8. The molecule has 1 fully saturated rings. The third-order valence-corrected chi connectivity index (χ3v) is 5.01. The smallest absolute Gasteiger partial charge is 0.309 e. The Balaban J connectivity index is 2.23. The Kier molecular flexibility index (Phi) is 10.8. The number of carbonyl (C=O) groups excluding carboxylic acids is 1. The van der Waals surface area contributed by atoms with Gasteiger partial charge in [-0.3, -0.25) is 9.59 Å². The molecular weight excluding hydrogens is 304 g/mol. The number of carboxylic acid groups (broad SMARTS) is 1. The number of esters is 1. The predicted molar refractivity (Wildman–Crippen MR) is 95.9 cm³/mol. The average molecular weight is 341 g/mol. The van der Waals surface area contributed by atoms with Crippen LogP contribution in [0.15, 0.2) is 0 Å². The van der Waals surface area contributed by atoms with Crippen LogP contribution in [0.3, 0.4) is 0 Å². The Morgan fingerprint density at radius 2 is 1.67 bits per heavy atom. The van der Waals surface area contributed by atoms with E-state index in [0.29, 0.717) is 12.8 Å². The number of unbranched alkanes of at least 4 members (excludes halogenated alkanes) is 6. The summed E-state index contributed by atoms with van der Waals surface area (Å²) in [6.45, 7) is 3.85. The minimum atomic E-state index is -0.881. The van der Waals surface area contributed by atoms with E-state index in [1.165, 1.54) is 44.9 Å². The molecule has 24 heavy (non-hydrogen) atoms. The molecule has 0 spiro atoms. The molecule has 0 bridgehead atoms. The number of carboxylic acids is 1. The summed E-state index contributed by atoms with van der Waals surface area (Å²) < 4.78 is 5.50. The Labute approximate surface area is 147 Å². The first-order chi connectivity index (χ1) is 11.5. The van der Waals surface area contributed by atoms with Crippen molar-refractivity contribution in [1.82, 2.24) is 0 Å². The maximum Gasteiger partial charge on any atom is 0.309 e. The van der Waals surface area contributed by atoms with Crippen LogP contribution < -0.4 is 0 Å². The topological polar surface area (TPSA) is 63.6 Å². The van der Waals surface area contributed by atoms with Crippen molar-refractivity contribution in [3.63, 3.8) is 0 Å². The summed E-state index contributed by atoms with van der Waals surface area (Å²) in [5.41, 5.74) is 0. The zero-order valence-corrected chi connectivity index (χ0v) is 15.6. The maximum atomic E-state index is 12.0. The van der Waals surface area contributed by atoms with Crippen LogP contribution in [0.2, 0.25) is 0 Å². The molecule has 1 aliphatic carbocycles. The van der Waals surface area contributed by atoms with Crippen LogP contribution in [0.5, 0.6) is 0 Å². The maximum absolute atomic E-state index is 12.0. The van der Waals surface area contributed by atoms with Gasteiger partial charge in [-0.25, -0.2) is 0 Å². The van der Waals surface area contributed by atoms with Gasteiger partial charge in [0, 0.05) is 6.42 Å². The lowest BCUT2D eigenvalue weighted by atomic mass is 9.98. The molecule has 1 N–H and O–H groups in total. The SMILES string of the molecule is CCCCCCCCCC(OC(=O)CCCC1CC1)C(C)C(=O)O. The molecule has 1 aliphatic rings. The predicted octanol–water partition coefficient (Wildman–Crippen LogP) is 5.34. The van der Waals surface area contributed by atoms with Gasteiger partial charge >= 0.3 is 11.9 Å². The first kappa shape index (κ1) is 21.0. The summed E-state index contributed by atoms with van der Waals surface area (Å²) in [7, 11) is 0. The van der Waals surface area contributed by atoms with Crippen LogP contribution in [0.1, 0.15) is 97.3 Å². The molecule has 4 heteroatoms. The van der Waals surface area contributed by atoms with Gasteiger partial charge in [0.15, 0.2) is 0 Å². The highest BCUT2D eigenvalue weighted by atomic mass is 16.5.